The Morgan fingerprint density at radius 1 is 0.808 bits per heavy atom. The highest BCUT2D eigenvalue weighted by atomic mass is 35.5. The summed E-state index contributed by atoms with van der Waals surface area (Å²) in [6.07, 6.45) is -12.1. The maximum absolute atomic E-state index is 13.9. The number of hydrogen-bond donors (Lipinski definition) is 3. The van der Waals surface area contributed by atoms with Crippen molar-refractivity contribution in [3.63, 3.8) is 0 Å². The lowest BCUT2D eigenvalue weighted by atomic mass is 9.81. The zero-order chi connectivity index (χ0) is 40.1. The fourth-order valence-corrected chi connectivity index (χ4v) is 4.86. The topological polar surface area (TPSA) is 163 Å². The molecule has 0 bridgehead atoms. The van der Waals surface area contributed by atoms with Gasteiger partial charge in [-0.25, -0.2) is 9.59 Å². The molecule has 3 atom stereocenters. The molecule has 11 nitrogen and oxygen atoms in total. The lowest BCUT2D eigenvalue weighted by molar-refractivity contribution is -0.156. The third kappa shape index (κ3) is 13.3. The molecule has 0 aliphatic rings. The lowest BCUT2D eigenvalue weighted by Gasteiger charge is -2.30. The summed E-state index contributed by atoms with van der Waals surface area (Å²) in [5.41, 5.74) is -0.621. The minimum atomic E-state index is -5.20. The first-order valence-corrected chi connectivity index (χ1v) is 16.0. The van der Waals surface area contributed by atoms with Crippen molar-refractivity contribution in [3.8, 4) is 5.75 Å². The van der Waals surface area contributed by atoms with E-state index < -0.39 is 112 Å². The Labute approximate surface area is 300 Å². The number of rotatable bonds is 11. The minimum absolute atomic E-state index is 0.128. The number of alkyl carbamates (subject to hydrolysis) is 1. The van der Waals surface area contributed by atoms with Gasteiger partial charge in [-0.1, -0.05) is 25.4 Å². The first kappa shape index (κ1) is 43.8. The Morgan fingerprint density at radius 3 is 1.79 bits per heavy atom. The first-order valence-electron chi connectivity index (χ1n) is 15.6. The summed E-state index contributed by atoms with van der Waals surface area (Å²) in [6.45, 7) is 12.4. The summed E-state index contributed by atoms with van der Waals surface area (Å²) in [6, 6.07) is 0.115. The quantitative estimate of drug-likeness (QED) is 0.121. The monoisotopic (exact) mass is 767 g/mol. The first-order chi connectivity index (χ1) is 23.5. The van der Waals surface area contributed by atoms with Gasteiger partial charge in [0.15, 0.2) is 5.78 Å². The van der Waals surface area contributed by atoms with Gasteiger partial charge >= 0.3 is 30.4 Å². The highest BCUT2D eigenvalue weighted by Crippen LogP contribution is 2.38. The van der Waals surface area contributed by atoms with Crippen LogP contribution in [0.3, 0.4) is 0 Å². The van der Waals surface area contributed by atoms with Crippen molar-refractivity contribution in [1.82, 2.24) is 5.32 Å². The number of hydrogen-bond acceptors (Lipinski definition) is 9. The fraction of sp³-hybridized carbons (Fsp3) is 0.500. The molecule has 2 amide bonds. The molecule has 0 aromatic heterocycles. The molecule has 0 fully saturated rings. The van der Waals surface area contributed by atoms with Crippen molar-refractivity contribution in [2.75, 3.05) is 5.32 Å². The second-order valence-corrected chi connectivity index (χ2v) is 14.4. The predicted molar refractivity (Wildman–Crippen MR) is 176 cm³/mol. The van der Waals surface area contributed by atoms with Crippen LogP contribution < -0.4 is 21.1 Å². The van der Waals surface area contributed by atoms with Crippen molar-refractivity contribution in [2.45, 2.75) is 97.4 Å². The number of ketones is 1. The molecule has 0 aliphatic heterocycles. The van der Waals surface area contributed by atoms with Crippen molar-refractivity contribution in [3.05, 3.63) is 58.1 Å². The molecule has 4 N–H and O–H groups in total. The normalized spacial score (nSPS) is 14.2. The van der Waals surface area contributed by atoms with Crippen LogP contribution >= 0.6 is 11.6 Å². The summed E-state index contributed by atoms with van der Waals surface area (Å²) in [5.74, 6) is -7.12. The van der Waals surface area contributed by atoms with Gasteiger partial charge in [0, 0.05) is 16.6 Å². The molecule has 0 saturated heterocycles. The van der Waals surface area contributed by atoms with E-state index >= 15 is 0 Å². The highest BCUT2D eigenvalue weighted by Gasteiger charge is 2.41. The van der Waals surface area contributed by atoms with Crippen LogP contribution in [-0.2, 0) is 36.2 Å². The molecular weight excluding hydrogens is 728 g/mol. The van der Waals surface area contributed by atoms with Gasteiger partial charge in [-0.05, 0) is 83.9 Å². The number of nitrogens with one attached hydrogen (secondary N) is 2. The van der Waals surface area contributed by atoms with E-state index in [9.17, 15) is 50.3 Å². The van der Waals surface area contributed by atoms with Gasteiger partial charge in [0.05, 0.1) is 23.1 Å². The lowest BCUT2D eigenvalue weighted by Crippen LogP contribution is -2.54. The van der Waals surface area contributed by atoms with E-state index in [-0.39, 0.29) is 23.2 Å². The third-order valence-electron chi connectivity index (χ3n) is 6.77. The highest BCUT2D eigenvalue weighted by molar-refractivity contribution is 6.31. The summed E-state index contributed by atoms with van der Waals surface area (Å²) < 4.78 is 96.1. The smallest absolute Gasteiger partial charge is 0.416 e. The van der Waals surface area contributed by atoms with Crippen LogP contribution in [0.15, 0.2) is 36.4 Å². The number of ether oxygens (including phenoxy) is 3. The van der Waals surface area contributed by atoms with Gasteiger partial charge in [0.2, 0.25) is 0 Å². The average molecular weight is 768 g/mol. The second-order valence-electron chi connectivity index (χ2n) is 14.0. The maximum atomic E-state index is 13.9. The Kier molecular flexibility index (Phi) is 13.9. The molecule has 0 heterocycles. The number of anilines is 1. The summed E-state index contributed by atoms with van der Waals surface area (Å²) in [7, 11) is 0. The molecule has 288 valence electrons. The van der Waals surface area contributed by atoms with E-state index in [2.05, 4.69) is 5.32 Å². The maximum Gasteiger partial charge on any atom is 0.416 e. The molecule has 0 spiro atoms. The van der Waals surface area contributed by atoms with Crippen LogP contribution in [0.2, 0.25) is 5.02 Å². The van der Waals surface area contributed by atoms with Gasteiger partial charge in [0.1, 0.15) is 29.0 Å². The van der Waals surface area contributed by atoms with Gasteiger partial charge in [-0.3, -0.25) is 14.4 Å². The number of carbonyl (C=O) groups is 5. The van der Waals surface area contributed by atoms with Crippen LogP contribution in [0.25, 0.3) is 0 Å². The zero-order valence-corrected chi connectivity index (χ0v) is 30.2. The van der Waals surface area contributed by atoms with Crippen LogP contribution in [0.4, 0.5) is 36.8 Å². The van der Waals surface area contributed by atoms with E-state index in [1.165, 1.54) is 13.8 Å². The Bertz CT molecular complexity index is 1600. The molecule has 0 radical (unpaired) electrons. The number of nitrogens with two attached hydrogens (primary N) is 1. The van der Waals surface area contributed by atoms with Gasteiger partial charge in [-0.15, -0.1) is 0 Å². The number of carbonyl (C=O) groups excluding carboxylic acids is 5. The minimum Gasteiger partial charge on any atom is -0.460 e. The summed E-state index contributed by atoms with van der Waals surface area (Å²) >= 11 is 5.99. The number of alkyl halides is 6. The van der Waals surface area contributed by atoms with Crippen molar-refractivity contribution in [1.29, 1.82) is 0 Å². The fourth-order valence-electron chi connectivity index (χ4n) is 4.69. The second kappa shape index (κ2) is 16.5. The van der Waals surface area contributed by atoms with Crippen LogP contribution in [-0.4, -0.2) is 53.0 Å². The number of esters is 2. The average Bonchev–Trinajstić information content (AvgIpc) is 2.94. The van der Waals surface area contributed by atoms with Gasteiger partial charge < -0.3 is 30.6 Å². The Morgan fingerprint density at radius 2 is 1.33 bits per heavy atom. The van der Waals surface area contributed by atoms with Gasteiger partial charge in [-0.2, -0.15) is 26.3 Å². The molecule has 2 aromatic rings. The number of benzene rings is 2. The zero-order valence-electron chi connectivity index (χ0n) is 29.5. The molecular formula is C34H40ClF6N3O8. The number of halogens is 7. The predicted octanol–water partition coefficient (Wildman–Crippen LogP) is 7.33. The van der Waals surface area contributed by atoms with Crippen LogP contribution in [0.5, 0.6) is 5.75 Å². The van der Waals surface area contributed by atoms with Crippen molar-refractivity contribution >= 4 is 47.0 Å². The van der Waals surface area contributed by atoms with Crippen LogP contribution in [0.1, 0.15) is 83.3 Å². The van der Waals surface area contributed by atoms with E-state index in [1.807, 2.05) is 5.32 Å². The SMILES string of the molecule is CC(C)C(C(=O)[C@H](CC(=O)OC(C)(C)C)NC(=O)OC(C)(C)C)[C@H](N)C(=O)Oc1ccc(Cl)cc1C(=O)Nc1cc(C(F)(F)F)cc(C(F)(F)F)c1. The molecule has 0 aliphatic carbocycles. The molecule has 18 heteroatoms. The van der Waals surface area contributed by atoms with E-state index in [1.54, 1.807) is 41.5 Å². The van der Waals surface area contributed by atoms with Crippen molar-refractivity contribution in [2.24, 2.45) is 17.6 Å². The number of amides is 2. The summed E-state index contributed by atoms with van der Waals surface area (Å²) in [5, 5.41) is 4.11. The summed E-state index contributed by atoms with van der Waals surface area (Å²) in [4.78, 5) is 65.9. The number of Topliss-reactive ketones (excluding diaryl/α,β-unsaturated/α-hetero) is 1. The Balaban J connectivity index is 2.45. The van der Waals surface area contributed by atoms with Crippen LogP contribution in [0, 0.1) is 11.8 Å². The van der Waals surface area contributed by atoms with Gasteiger partial charge in [0.25, 0.3) is 5.91 Å². The molecule has 0 saturated carbocycles. The van der Waals surface area contributed by atoms with Crippen molar-refractivity contribution < 1.29 is 64.5 Å². The standard InChI is InChI=1S/C34H40ClF6N3O8/c1-16(2)25(27(46)22(15-24(45)51-31(3,4)5)44-30(49)52-32(6,7)8)26(42)29(48)50-23-10-9-19(35)14-21(23)28(47)43-20-12-17(33(36,37)38)11-18(13-20)34(39,40)41/h9-14,16,22,25-26H,15,42H2,1-8H3,(H,43,47)(H,44,49)/t22-,25?,26-/m0/s1. The molecule has 52 heavy (non-hydrogen) atoms. The van der Waals surface area contributed by atoms with E-state index in [0.717, 1.165) is 18.2 Å². The molecule has 1 unspecified atom stereocenters. The van der Waals surface area contributed by atoms with E-state index in [0.29, 0.717) is 0 Å². The van der Waals surface area contributed by atoms with E-state index in [4.69, 9.17) is 31.5 Å². The third-order valence-corrected chi connectivity index (χ3v) is 7.01. The Hall–Kier alpha value is -4.38. The molecule has 2 rings (SSSR count). The largest absolute Gasteiger partial charge is 0.460 e. The molecule has 2 aromatic carbocycles.